The Morgan fingerprint density at radius 3 is 2.42 bits per heavy atom. The largest absolute Gasteiger partial charge is 0.388 e. The Morgan fingerprint density at radius 2 is 1.71 bits per heavy atom. The number of para-hydroxylation sites is 1. The number of hydrogen-bond donors (Lipinski definition) is 3. The van der Waals surface area contributed by atoms with Crippen LogP contribution in [0.5, 0.6) is 0 Å². The number of aliphatic hydroxyl groups is 2. The molecule has 0 aliphatic carbocycles. The summed E-state index contributed by atoms with van der Waals surface area (Å²) in [7, 11) is 0. The molecule has 0 radical (unpaired) electrons. The number of aromatic nitrogens is 3. The number of hydrogen-bond acceptors (Lipinski definition) is 6. The molecule has 1 fully saturated rings. The first-order valence-corrected chi connectivity index (χ1v) is 10.4. The zero-order valence-electron chi connectivity index (χ0n) is 16.7. The van der Waals surface area contributed by atoms with E-state index in [1.165, 1.54) is 6.33 Å². The topological polar surface area (TPSA) is 92.4 Å². The van der Waals surface area contributed by atoms with Crippen LogP contribution < -0.4 is 5.32 Å². The summed E-state index contributed by atoms with van der Waals surface area (Å²) in [5, 5.41) is 25.5. The van der Waals surface area contributed by atoms with Crippen LogP contribution in [-0.2, 0) is 4.74 Å². The van der Waals surface area contributed by atoms with Crippen LogP contribution in [0, 0.1) is 0 Å². The molecule has 3 heterocycles. The second kappa shape index (κ2) is 7.94. The third-order valence-corrected chi connectivity index (χ3v) is 5.89. The maximum Gasteiger partial charge on any atom is 0.164 e. The summed E-state index contributed by atoms with van der Waals surface area (Å²) in [6, 6.07) is 17.2. The zero-order chi connectivity index (χ0) is 21.5. The molecule has 4 aromatic rings. The lowest BCUT2D eigenvalue weighted by Gasteiger charge is -2.17. The van der Waals surface area contributed by atoms with Crippen LogP contribution in [0.15, 0.2) is 67.1 Å². The van der Waals surface area contributed by atoms with E-state index in [2.05, 4.69) is 15.3 Å². The first kappa shape index (κ1) is 20.0. The van der Waals surface area contributed by atoms with Crippen molar-refractivity contribution >= 4 is 34.1 Å². The van der Waals surface area contributed by atoms with E-state index < -0.39 is 24.5 Å². The minimum absolute atomic E-state index is 0.509. The minimum atomic E-state index is -1.09. The summed E-state index contributed by atoms with van der Waals surface area (Å²) in [6.45, 7) is 1.73. The third-order valence-electron chi connectivity index (χ3n) is 5.56. The fourth-order valence-electron chi connectivity index (χ4n) is 3.97. The Labute approximate surface area is 183 Å². The van der Waals surface area contributed by atoms with Gasteiger partial charge in [-0.2, -0.15) is 0 Å². The standard InChI is InChI=1S/C23H21ClN4O3/c1-13-19(29)20(30)23(31-13)28-11-16(15-9-5-6-10-17(15)24)18-21(25-12-26-22(18)28)27-14-7-3-2-4-8-14/h2-13,19-20,23,29-30H,1H3,(H,25,26,27)/t13-,19-,20-,23-/m1/s1. The van der Waals surface area contributed by atoms with E-state index in [9.17, 15) is 10.2 Å². The number of nitrogens with one attached hydrogen (secondary N) is 1. The van der Waals surface area contributed by atoms with E-state index in [1.54, 1.807) is 11.5 Å². The highest BCUT2D eigenvalue weighted by atomic mass is 35.5. The quantitative estimate of drug-likeness (QED) is 0.445. The maximum absolute atomic E-state index is 10.6. The molecule has 1 aliphatic heterocycles. The summed E-state index contributed by atoms with van der Waals surface area (Å²) in [6.07, 6.45) is -0.0785. The average molecular weight is 437 g/mol. The summed E-state index contributed by atoms with van der Waals surface area (Å²) in [5.41, 5.74) is 3.04. The Bertz CT molecular complexity index is 1230. The Morgan fingerprint density at radius 1 is 0.968 bits per heavy atom. The molecule has 0 saturated carbocycles. The van der Waals surface area contributed by atoms with Gasteiger partial charge in [-0.25, -0.2) is 9.97 Å². The number of anilines is 2. The van der Waals surface area contributed by atoms with Crippen LogP contribution in [0.1, 0.15) is 13.2 Å². The van der Waals surface area contributed by atoms with E-state index in [1.807, 2.05) is 60.8 Å². The van der Waals surface area contributed by atoms with Crippen molar-refractivity contribution in [3.8, 4) is 11.1 Å². The molecule has 31 heavy (non-hydrogen) atoms. The lowest BCUT2D eigenvalue weighted by atomic mass is 10.1. The number of ether oxygens (including phenoxy) is 1. The zero-order valence-corrected chi connectivity index (χ0v) is 17.4. The predicted molar refractivity (Wildman–Crippen MR) is 119 cm³/mol. The summed E-state index contributed by atoms with van der Waals surface area (Å²) in [5.74, 6) is 0.603. The smallest absolute Gasteiger partial charge is 0.164 e. The number of benzene rings is 2. The van der Waals surface area contributed by atoms with Crippen molar-refractivity contribution in [2.75, 3.05) is 5.32 Å². The van der Waals surface area contributed by atoms with Gasteiger partial charge in [0.1, 0.15) is 30.0 Å². The van der Waals surface area contributed by atoms with Crippen LogP contribution in [0.4, 0.5) is 11.5 Å². The van der Waals surface area contributed by atoms with Gasteiger partial charge < -0.3 is 24.8 Å². The molecule has 0 unspecified atom stereocenters. The molecule has 5 rings (SSSR count). The molecule has 2 aromatic carbocycles. The van der Waals surface area contributed by atoms with Crippen LogP contribution >= 0.6 is 11.6 Å². The second-order valence-corrected chi connectivity index (χ2v) is 7.96. The van der Waals surface area contributed by atoms with Crippen molar-refractivity contribution in [3.05, 3.63) is 72.1 Å². The van der Waals surface area contributed by atoms with Crippen molar-refractivity contribution < 1.29 is 14.9 Å². The lowest BCUT2D eigenvalue weighted by Crippen LogP contribution is -2.30. The van der Waals surface area contributed by atoms with Gasteiger partial charge in [-0.15, -0.1) is 0 Å². The second-order valence-electron chi connectivity index (χ2n) is 7.55. The molecule has 158 valence electrons. The highest BCUT2D eigenvalue weighted by molar-refractivity contribution is 6.33. The van der Waals surface area contributed by atoms with Crippen LogP contribution in [0.25, 0.3) is 22.2 Å². The number of rotatable bonds is 4. The van der Waals surface area contributed by atoms with Crippen LogP contribution in [-0.4, -0.2) is 43.1 Å². The maximum atomic E-state index is 10.6. The van der Waals surface area contributed by atoms with Crippen molar-refractivity contribution in [2.45, 2.75) is 31.5 Å². The van der Waals surface area contributed by atoms with Crippen LogP contribution in [0.2, 0.25) is 5.02 Å². The summed E-state index contributed by atoms with van der Waals surface area (Å²) < 4.78 is 7.61. The predicted octanol–water partition coefficient (Wildman–Crippen LogP) is 4.13. The van der Waals surface area contributed by atoms with E-state index in [4.69, 9.17) is 16.3 Å². The minimum Gasteiger partial charge on any atom is -0.388 e. The van der Waals surface area contributed by atoms with Gasteiger partial charge in [-0.05, 0) is 25.1 Å². The monoisotopic (exact) mass is 436 g/mol. The first-order valence-electron chi connectivity index (χ1n) is 9.98. The molecule has 2 aromatic heterocycles. The van der Waals surface area contributed by atoms with Gasteiger partial charge in [-0.1, -0.05) is 48.0 Å². The number of halogens is 1. The van der Waals surface area contributed by atoms with Crippen molar-refractivity contribution in [2.24, 2.45) is 0 Å². The lowest BCUT2D eigenvalue weighted by molar-refractivity contribution is -0.0295. The molecular formula is C23H21ClN4O3. The Kier molecular flexibility index (Phi) is 5.11. The normalized spacial score (nSPS) is 23.4. The molecule has 0 amide bonds. The Hall–Kier alpha value is -2.97. The molecule has 1 saturated heterocycles. The van der Waals surface area contributed by atoms with Crippen molar-refractivity contribution in [1.29, 1.82) is 0 Å². The molecule has 0 spiro atoms. The van der Waals surface area contributed by atoms with Gasteiger partial charge in [0.25, 0.3) is 0 Å². The number of nitrogens with zero attached hydrogens (tertiary/aromatic N) is 3. The highest BCUT2D eigenvalue weighted by Crippen LogP contribution is 2.41. The van der Waals surface area contributed by atoms with Gasteiger partial charge >= 0.3 is 0 Å². The number of aliphatic hydroxyl groups excluding tert-OH is 2. The first-order chi connectivity index (χ1) is 15.0. The van der Waals surface area contributed by atoms with E-state index in [-0.39, 0.29) is 0 Å². The molecule has 4 atom stereocenters. The molecule has 1 aliphatic rings. The highest BCUT2D eigenvalue weighted by Gasteiger charge is 2.42. The third kappa shape index (κ3) is 3.45. The Balaban J connectivity index is 1.73. The molecule has 7 nitrogen and oxygen atoms in total. The van der Waals surface area contributed by atoms with Gasteiger partial charge in [-0.3, -0.25) is 0 Å². The summed E-state index contributed by atoms with van der Waals surface area (Å²) in [4.78, 5) is 8.96. The van der Waals surface area contributed by atoms with E-state index in [0.717, 1.165) is 22.2 Å². The van der Waals surface area contributed by atoms with Crippen LogP contribution in [0.3, 0.4) is 0 Å². The van der Waals surface area contributed by atoms with Gasteiger partial charge in [0.15, 0.2) is 6.23 Å². The molecular weight excluding hydrogens is 416 g/mol. The SMILES string of the molecule is C[C@H]1O[C@@H](n2cc(-c3ccccc3Cl)c3c(Nc4ccccc4)ncnc32)[C@H](O)[C@@H]1O. The average Bonchev–Trinajstić information content (AvgIpc) is 3.28. The molecule has 0 bridgehead atoms. The molecule has 3 N–H and O–H groups in total. The fraction of sp³-hybridized carbons (Fsp3) is 0.217. The van der Waals surface area contributed by atoms with E-state index in [0.29, 0.717) is 16.5 Å². The number of fused-ring (bicyclic) bond motifs is 1. The summed E-state index contributed by atoms with van der Waals surface area (Å²) >= 11 is 6.52. The van der Waals surface area contributed by atoms with Gasteiger partial charge in [0.05, 0.1) is 11.5 Å². The van der Waals surface area contributed by atoms with E-state index >= 15 is 0 Å². The molecule has 8 heteroatoms. The van der Waals surface area contributed by atoms with Crippen molar-refractivity contribution in [3.63, 3.8) is 0 Å². The van der Waals surface area contributed by atoms with Gasteiger partial charge in [0.2, 0.25) is 0 Å². The fourth-order valence-corrected chi connectivity index (χ4v) is 4.21. The van der Waals surface area contributed by atoms with Gasteiger partial charge in [0, 0.05) is 28.0 Å². The van der Waals surface area contributed by atoms with Crippen molar-refractivity contribution in [1.82, 2.24) is 14.5 Å².